The minimum Gasteiger partial charge on any atom is -0.449 e. The summed E-state index contributed by atoms with van der Waals surface area (Å²) in [5.74, 6) is -1.70. The summed E-state index contributed by atoms with van der Waals surface area (Å²) in [4.78, 5) is 24.4. The Balaban J connectivity index is 2.06. The lowest BCUT2D eigenvalue weighted by Crippen LogP contribution is -2.30. The molecule has 1 atom stereocenters. The average Bonchev–Trinajstić information content (AvgIpc) is 2.83. The number of amides is 1. The van der Waals surface area contributed by atoms with Crippen molar-refractivity contribution in [2.24, 2.45) is 0 Å². The summed E-state index contributed by atoms with van der Waals surface area (Å²) < 4.78 is 20.8. The fraction of sp³-hybridized carbons (Fsp3) is 0.333. The summed E-state index contributed by atoms with van der Waals surface area (Å²) in [5, 5.41) is 2.41. The Morgan fingerprint density at radius 2 is 1.96 bits per heavy atom. The van der Waals surface area contributed by atoms with Crippen LogP contribution in [0.25, 0.3) is 0 Å². The molecule has 0 radical (unpaired) electrons. The molecule has 2 aromatic rings. The maximum atomic E-state index is 13.6. The number of hydrogen-bond donors (Lipinski definition) is 1. The number of aromatic nitrogens is 1. The number of ether oxygens (including phenoxy) is 1. The first-order valence-corrected chi connectivity index (χ1v) is 7.78. The predicted octanol–water partition coefficient (Wildman–Crippen LogP) is 3.45. The molecule has 0 bridgehead atoms. The van der Waals surface area contributed by atoms with Gasteiger partial charge in [-0.2, -0.15) is 0 Å². The molecule has 24 heavy (non-hydrogen) atoms. The Morgan fingerprint density at radius 1 is 1.29 bits per heavy atom. The molecule has 0 aliphatic rings. The Labute approximate surface area is 140 Å². The number of nitrogens with one attached hydrogen (secondary N) is 1. The molecule has 0 aliphatic carbocycles. The second-order valence-electron chi connectivity index (χ2n) is 5.55. The third-order valence-electron chi connectivity index (χ3n) is 3.89. The zero-order valence-corrected chi connectivity index (χ0v) is 14.2. The van der Waals surface area contributed by atoms with E-state index in [2.05, 4.69) is 5.32 Å². The highest BCUT2D eigenvalue weighted by Crippen LogP contribution is 2.17. The Bertz CT molecular complexity index is 768. The highest BCUT2D eigenvalue weighted by molar-refractivity contribution is 5.97. The minimum atomic E-state index is -1.04. The molecule has 1 heterocycles. The summed E-state index contributed by atoms with van der Waals surface area (Å²) >= 11 is 0. The van der Waals surface area contributed by atoms with E-state index < -0.39 is 23.8 Å². The molecule has 1 N–H and O–H groups in total. The second-order valence-corrected chi connectivity index (χ2v) is 5.55. The standard InChI is InChI=1S/C18H21FN2O3/c1-5-21-11(2)10-14(12(21)3)18(23)24-13(4)17(22)20-16-9-7-6-8-15(16)19/h6-10,13H,5H2,1-4H3,(H,20,22)/t13-/m1/s1. The minimum absolute atomic E-state index is 0.0505. The SMILES string of the molecule is CCn1c(C)cc(C(=O)O[C@H](C)C(=O)Nc2ccccc2F)c1C. The van der Waals surface area contributed by atoms with E-state index in [0.29, 0.717) is 5.56 Å². The van der Waals surface area contributed by atoms with Crippen molar-refractivity contribution in [2.75, 3.05) is 5.32 Å². The number of aryl methyl sites for hydroxylation is 1. The predicted molar refractivity (Wildman–Crippen MR) is 89.5 cm³/mol. The largest absolute Gasteiger partial charge is 0.449 e. The van der Waals surface area contributed by atoms with Crippen LogP contribution < -0.4 is 5.32 Å². The van der Waals surface area contributed by atoms with Crippen LogP contribution in [0.2, 0.25) is 0 Å². The van der Waals surface area contributed by atoms with Gasteiger partial charge in [0.25, 0.3) is 5.91 Å². The topological polar surface area (TPSA) is 60.3 Å². The quantitative estimate of drug-likeness (QED) is 0.853. The van der Waals surface area contributed by atoms with E-state index >= 15 is 0 Å². The van der Waals surface area contributed by atoms with Crippen molar-refractivity contribution in [3.63, 3.8) is 0 Å². The molecule has 128 valence electrons. The van der Waals surface area contributed by atoms with E-state index in [4.69, 9.17) is 4.74 Å². The number of hydrogen-bond acceptors (Lipinski definition) is 3. The van der Waals surface area contributed by atoms with Crippen LogP contribution in [-0.2, 0) is 16.1 Å². The van der Waals surface area contributed by atoms with Gasteiger partial charge >= 0.3 is 5.97 Å². The van der Waals surface area contributed by atoms with Gasteiger partial charge in [-0.05, 0) is 45.9 Å². The number of carbonyl (C=O) groups is 2. The van der Waals surface area contributed by atoms with Crippen LogP contribution in [0.4, 0.5) is 10.1 Å². The number of benzene rings is 1. The fourth-order valence-corrected chi connectivity index (χ4v) is 2.57. The number of halogens is 1. The fourth-order valence-electron chi connectivity index (χ4n) is 2.57. The Hall–Kier alpha value is -2.63. The van der Waals surface area contributed by atoms with Gasteiger partial charge in [-0.3, -0.25) is 4.79 Å². The molecular weight excluding hydrogens is 311 g/mol. The van der Waals surface area contributed by atoms with Crippen LogP contribution in [0.15, 0.2) is 30.3 Å². The number of esters is 1. The number of nitrogens with zero attached hydrogens (tertiary/aromatic N) is 1. The number of carbonyl (C=O) groups excluding carboxylic acids is 2. The van der Waals surface area contributed by atoms with Crippen LogP contribution >= 0.6 is 0 Å². The summed E-state index contributed by atoms with van der Waals surface area (Å²) in [7, 11) is 0. The molecule has 1 amide bonds. The van der Waals surface area contributed by atoms with E-state index in [1.807, 2.05) is 25.3 Å². The average molecular weight is 332 g/mol. The van der Waals surface area contributed by atoms with Gasteiger partial charge in [0.2, 0.25) is 0 Å². The summed E-state index contributed by atoms with van der Waals surface area (Å²) in [6, 6.07) is 7.55. The van der Waals surface area contributed by atoms with Gasteiger partial charge in [0.05, 0.1) is 11.3 Å². The lowest BCUT2D eigenvalue weighted by Gasteiger charge is -2.14. The Morgan fingerprint density at radius 3 is 2.54 bits per heavy atom. The third-order valence-corrected chi connectivity index (χ3v) is 3.89. The molecule has 0 aliphatic heterocycles. The van der Waals surface area contributed by atoms with Crippen molar-refractivity contribution >= 4 is 17.6 Å². The van der Waals surface area contributed by atoms with Gasteiger partial charge in [0, 0.05) is 17.9 Å². The van der Waals surface area contributed by atoms with E-state index in [1.54, 1.807) is 12.1 Å². The highest BCUT2D eigenvalue weighted by atomic mass is 19.1. The van der Waals surface area contributed by atoms with Gasteiger partial charge in [-0.1, -0.05) is 12.1 Å². The lowest BCUT2D eigenvalue weighted by atomic mass is 10.2. The molecule has 0 saturated heterocycles. The molecule has 0 spiro atoms. The smallest absolute Gasteiger partial charge is 0.340 e. The zero-order chi connectivity index (χ0) is 17.9. The van der Waals surface area contributed by atoms with Gasteiger partial charge in [0.1, 0.15) is 5.82 Å². The van der Waals surface area contributed by atoms with E-state index in [1.165, 1.54) is 25.1 Å². The molecule has 0 saturated carbocycles. The van der Waals surface area contributed by atoms with Gasteiger partial charge in [-0.25, -0.2) is 9.18 Å². The molecule has 6 heteroatoms. The zero-order valence-electron chi connectivity index (χ0n) is 14.2. The first-order chi connectivity index (χ1) is 11.3. The first kappa shape index (κ1) is 17.7. The summed E-state index contributed by atoms with van der Waals surface area (Å²) in [6.07, 6.45) is -1.04. The number of anilines is 1. The molecule has 1 aromatic heterocycles. The van der Waals surface area contributed by atoms with Crippen LogP contribution in [0, 0.1) is 19.7 Å². The number of para-hydroxylation sites is 1. The van der Waals surface area contributed by atoms with Crippen molar-refractivity contribution in [2.45, 2.75) is 40.3 Å². The van der Waals surface area contributed by atoms with Crippen molar-refractivity contribution in [1.29, 1.82) is 0 Å². The second kappa shape index (κ2) is 7.29. The third kappa shape index (κ3) is 3.64. The van der Waals surface area contributed by atoms with Crippen LogP contribution in [0.1, 0.15) is 35.6 Å². The first-order valence-electron chi connectivity index (χ1n) is 7.78. The monoisotopic (exact) mass is 332 g/mol. The van der Waals surface area contributed by atoms with Gasteiger partial charge in [0.15, 0.2) is 6.10 Å². The molecule has 0 unspecified atom stereocenters. The summed E-state index contributed by atoms with van der Waals surface area (Å²) in [6.45, 7) is 7.92. The van der Waals surface area contributed by atoms with Crippen molar-refractivity contribution in [3.8, 4) is 0 Å². The van der Waals surface area contributed by atoms with Crippen LogP contribution in [0.3, 0.4) is 0 Å². The molecular formula is C18H21FN2O3. The van der Waals surface area contributed by atoms with Crippen LogP contribution in [-0.4, -0.2) is 22.5 Å². The van der Waals surface area contributed by atoms with E-state index in [9.17, 15) is 14.0 Å². The van der Waals surface area contributed by atoms with Gasteiger partial charge < -0.3 is 14.6 Å². The van der Waals surface area contributed by atoms with Gasteiger partial charge in [-0.15, -0.1) is 0 Å². The van der Waals surface area contributed by atoms with Crippen LogP contribution in [0.5, 0.6) is 0 Å². The molecule has 0 fully saturated rings. The van der Waals surface area contributed by atoms with Crippen molar-refractivity contribution in [3.05, 3.63) is 53.1 Å². The molecule has 5 nitrogen and oxygen atoms in total. The maximum absolute atomic E-state index is 13.6. The van der Waals surface area contributed by atoms with Crippen molar-refractivity contribution in [1.82, 2.24) is 4.57 Å². The maximum Gasteiger partial charge on any atom is 0.340 e. The van der Waals surface area contributed by atoms with E-state index in [-0.39, 0.29) is 5.69 Å². The van der Waals surface area contributed by atoms with Crippen molar-refractivity contribution < 1.29 is 18.7 Å². The molecule has 1 aromatic carbocycles. The normalized spacial score (nSPS) is 11.9. The Kier molecular flexibility index (Phi) is 5.39. The lowest BCUT2D eigenvalue weighted by molar-refractivity contribution is -0.123. The summed E-state index contributed by atoms with van der Waals surface area (Å²) in [5.41, 5.74) is 2.22. The molecule has 2 rings (SSSR count). The van der Waals surface area contributed by atoms with E-state index in [0.717, 1.165) is 17.9 Å². The number of rotatable bonds is 5. The highest BCUT2D eigenvalue weighted by Gasteiger charge is 2.22.